The maximum absolute atomic E-state index is 8.24. The first-order chi connectivity index (χ1) is 14.0. The summed E-state index contributed by atoms with van der Waals surface area (Å²) in [5, 5.41) is 17.2. The lowest BCUT2D eigenvalue weighted by molar-refractivity contribution is 0.915. The zero-order valence-electron chi connectivity index (χ0n) is 16.0. The molecule has 0 saturated carbocycles. The fourth-order valence-corrected chi connectivity index (χ4v) is 3.43. The zero-order valence-corrected chi connectivity index (χ0v) is 16.8. The molecule has 6 nitrogen and oxygen atoms in total. The van der Waals surface area contributed by atoms with E-state index in [1.807, 2.05) is 55.4 Å². The van der Waals surface area contributed by atoms with Crippen molar-refractivity contribution in [2.45, 2.75) is 6.92 Å². The Labute approximate surface area is 173 Å². The number of rotatable bonds is 4. The second-order valence-electron chi connectivity index (χ2n) is 6.72. The number of nitrogens with zero attached hydrogens (tertiary/aromatic N) is 4. The number of aromatic nitrogens is 3. The number of hydrogen-bond donors (Lipinski definition) is 2. The molecule has 0 spiro atoms. The molecular formula is C22H19ClN6. The molecule has 0 unspecified atom stereocenters. The summed E-state index contributed by atoms with van der Waals surface area (Å²) in [5.41, 5.74) is 4.61. The highest BCUT2D eigenvalue weighted by Crippen LogP contribution is 2.31. The lowest BCUT2D eigenvalue weighted by atomic mass is 10.1. The first kappa shape index (κ1) is 18.8. The summed E-state index contributed by atoms with van der Waals surface area (Å²) in [4.78, 5) is 10.8. The largest absolute Gasteiger partial charge is 0.329 e. The Hall–Kier alpha value is -3.51. The zero-order chi connectivity index (χ0) is 20.5. The molecule has 0 atom stereocenters. The number of benzene rings is 2. The van der Waals surface area contributed by atoms with Crippen LogP contribution in [-0.4, -0.2) is 27.9 Å². The van der Waals surface area contributed by atoms with Crippen LogP contribution in [0.1, 0.15) is 5.69 Å². The summed E-state index contributed by atoms with van der Waals surface area (Å²) in [6.07, 6.45) is 2.93. The van der Waals surface area contributed by atoms with Crippen LogP contribution >= 0.6 is 11.6 Å². The molecule has 2 aromatic carbocycles. The quantitative estimate of drug-likeness (QED) is 0.381. The number of aryl methyl sites for hydroxylation is 1. The molecule has 0 bridgehead atoms. The van der Waals surface area contributed by atoms with E-state index in [4.69, 9.17) is 22.4 Å². The molecule has 2 N–H and O–H groups in total. The van der Waals surface area contributed by atoms with Gasteiger partial charge in [-0.1, -0.05) is 29.8 Å². The van der Waals surface area contributed by atoms with Crippen LogP contribution in [0, 0.1) is 17.7 Å². The van der Waals surface area contributed by atoms with Crippen molar-refractivity contribution in [3.63, 3.8) is 0 Å². The van der Waals surface area contributed by atoms with E-state index in [2.05, 4.69) is 22.1 Å². The Balaban J connectivity index is 1.85. The van der Waals surface area contributed by atoms with Gasteiger partial charge in [0.05, 0.1) is 11.9 Å². The van der Waals surface area contributed by atoms with E-state index < -0.39 is 0 Å². The molecule has 0 radical (unpaired) electrons. The van der Waals surface area contributed by atoms with Crippen LogP contribution in [0.4, 0.5) is 11.5 Å². The molecule has 0 aliphatic heterocycles. The average molecular weight is 403 g/mol. The van der Waals surface area contributed by atoms with Crippen molar-refractivity contribution in [3.05, 3.63) is 77.1 Å². The minimum absolute atomic E-state index is 0.0319. The topological polar surface area (TPSA) is 81.7 Å². The van der Waals surface area contributed by atoms with Crippen LogP contribution in [0.2, 0.25) is 5.02 Å². The predicted molar refractivity (Wildman–Crippen MR) is 117 cm³/mol. The molecule has 4 aromatic rings. The van der Waals surface area contributed by atoms with Gasteiger partial charge in [-0.25, -0.2) is 0 Å². The third-order valence-electron chi connectivity index (χ3n) is 4.83. The molecule has 0 aliphatic rings. The van der Waals surface area contributed by atoms with Crippen LogP contribution in [-0.2, 0) is 0 Å². The van der Waals surface area contributed by atoms with Crippen LogP contribution in [0.25, 0.3) is 22.0 Å². The van der Waals surface area contributed by atoms with E-state index >= 15 is 0 Å². The lowest BCUT2D eigenvalue weighted by Gasteiger charge is -2.22. The van der Waals surface area contributed by atoms with Gasteiger partial charge < -0.3 is 4.90 Å². The van der Waals surface area contributed by atoms with Gasteiger partial charge in [0, 0.05) is 40.6 Å². The highest BCUT2D eigenvalue weighted by molar-refractivity contribution is 6.31. The van der Waals surface area contributed by atoms with Crippen molar-refractivity contribution >= 4 is 40.3 Å². The third kappa shape index (κ3) is 3.50. The van der Waals surface area contributed by atoms with E-state index in [1.165, 1.54) is 4.57 Å². The van der Waals surface area contributed by atoms with Gasteiger partial charge in [0.25, 0.3) is 0 Å². The van der Waals surface area contributed by atoms with E-state index in [1.54, 1.807) is 12.1 Å². The van der Waals surface area contributed by atoms with Gasteiger partial charge in [-0.2, -0.15) is 4.98 Å². The number of halogens is 1. The first-order valence-corrected chi connectivity index (χ1v) is 9.39. The minimum Gasteiger partial charge on any atom is -0.329 e. The fraction of sp³-hybridized carbons (Fsp3) is 0.0909. The van der Waals surface area contributed by atoms with Crippen molar-refractivity contribution < 1.29 is 0 Å². The molecule has 2 aromatic heterocycles. The van der Waals surface area contributed by atoms with Crippen molar-refractivity contribution in [2.75, 3.05) is 11.9 Å². The number of fused-ring (bicyclic) bond motifs is 1. The molecule has 7 heteroatoms. The number of nitrogens with one attached hydrogen (secondary N) is 2. The normalized spacial score (nSPS) is 10.9. The molecule has 2 heterocycles. The van der Waals surface area contributed by atoms with Gasteiger partial charge in [0.15, 0.2) is 0 Å². The monoisotopic (exact) mass is 402 g/mol. The maximum Gasteiger partial charge on any atom is 0.229 e. The second kappa shape index (κ2) is 7.48. The van der Waals surface area contributed by atoms with Crippen molar-refractivity contribution in [2.24, 2.45) is 0 Å². The smallest absolute Gasteiger partial charge is 0.229 e. The number of hydrogen-bond acceptors (Lipinski definition) is 5. The summed E-state index contributed by atoms with van der Waals surface area (Å²) >= 11 is 6.16. The molecule has 0 fully saturated rings. The van der Waals surface area contributed by atoms with Gasteiger partial charge in [0.2, 0.25) is 5.62 Å². The van der Waals surface area contributed by atoms with Gasteiger partial charge in [-0.05, 0) is 48.9 Å². The predicted octanol–water partition coefficient (Wildman–Crippen LogP) is 4.76. The Morgan fingerprint density at radius 3 is 2.62 bits per heavy atom. The first-order valence-electron chi connectivity index (χ1n) is 9.02. The lowest BCUT2D eigenvalue weighted by Crippen LogP contribution is -2.26. The van der Waals surface area contributed by atoms with Crippen molar-refractivity contribution in [1.82, 2.24) is 14.5 Å². The maximum atomic E-state index is 8.24. The summed E-state index contributed by atoms with van der Waals surface area (Å²) < 4.78 is 1.40. The fourth-order valence-electron chi connectivity index (χ4n) is 3.26. The van der Waals surface area contributed by atoms with Crippen LogP contribution in [0.5, 0.6) is 0 Å². The Kier molecular flexibility index (Phi) is 4.86. The average Bonchev–Trinajstić information content (AvgIpc) is 2.73. The summed E-state index contributed by atoms with van der Waals surface area (Å²) in [6, 6.07) is 17.5. The van der Waals surface area contributed by atoms with Gasteiger partial charge in [0.1, 0.15) is 5.82 Å². The van der Waals surface area contributed by atoms with E-state index in [9.17, 15) is 0 Å². The van der Waals surface area contributed by atoms with Gasteiger partial charge >= 0.3 is 0 Å². The second-order valence-corrected chi connectivity index (χ2v) is 7.15. The number of pyridine rings is 1. The van der Waals surface area contributed by atoms with Gasteiger partial charge in [-0.15, -0.1) is 0 Å². The van der Waals surface area contributed by atoms with Crippen molar-refractivity contribution in [1.29, 1.82) is 10.8 Å². The Morgan fingerprint density at radius 1 is 1.07 bits per heavy atom. The molecule has 0 saturated heterocycles. The van der Waals surface area contributed by atoms with E-state index in [0.717, 1.165) is 34.2 Å². The Morgan fingerprint density at radius 2 is 1.90 bits per heavy atom. The van der Waals surface area contributed by atoms with Crippen molar-refractivity contribution in [3.8, 4) is 11.1 Å². The summed E-state index contributed by atoms with van der Waals surface area (Å²) in [7, 11) is 1.91. The Bertz CT molecular complexity index is 1280. The molecule has 0 aliphatic carbocycles. The SMILES string of the molecule is Cc1ccc(-c2cccc(N(C)c3nc(=N)n(C=N)c4cc(Cl)ccc34)c2)cn1. The molecule has 4 rings (SSSR count). The van der Waals surface area contributed by atoms with E-state index in [-0.39, 0.29) is 5.62 Å². The summed E-state index contributed by atoms with van der Waals surface area (Å²) in [6.45, 7) is 1.96. The van der Waals surface area contributed by atoms with Gasteiger partial charge in [-0.3, -0.25) is 20.4 Å². The van der Waals surface area contributed by atoms with Crippen LogP contribution in [0.3, 0.4) is 0 Å². The minimum atomic E-state index is -0.0319. The van der Waals surface area contributed by atoms with Crippen LogP contribution < -0.4 is 10.5 Å². The summed E-state index contributed by atoms with van der Waals surface area (Å²) in [5.74, 6) is 0.624. The molecule has 144 valence electrons. The molecule has 0 amide bonds. The molecule has 29 heavy (non-hydrogen) atoms. The van der Waals surface area contributed by atoms with E-state index in [0.29, 0.717) is 16.4 Å². The highest BCUT2D eigenvalue weighted by atomic mass is 35.5. The third-order valence-corrected chi connectivity index (χ3v) is 5.06. The van der Waals surface area contributed by atoms with Crippen LogP contribution in [0.15, 0.2) is 60.8 Å². The molecular weight excluding hydrogens is 384 g/mol. The standard InChI is InChI=1S/C22H19ClN6/c1-14-6-7-16(12-26-14)15-4-3-5-18(10-15)28(2)21-19-9-8-17(23)11-20(19)29(13-24)22(25)27-21/h3-13,24-25H,1-2H3. The highest BCUT2D eigenvalue weighted by Gasteiger charge is 2.14. The number of anilines is 2.